The molecule has 4 heteroatoms. The molecule has 3 nitrogen and oxygen atoms in total. The Morgan fingerprint density at radius 2 is 0.940 bits per heavy atom. The number of hydrogen-bond acceptors (Lipinski definition) is 2. The maximum absolute atomic E-state index is 2.45. The van der Waals surface area contributed by atoms with Gasteiger partial charge in [0, 0.05) is 75.6 Å². The van der Waals surface area contributed by atoms with Crippen molar-refractivity contribution in [2.24, 2.45) is 0 Å². The standard InChI is InChI=1S/C63H43N3S/c1-63(2)54-22-12-9-19-47(54)48-32-30-46(39-55(48)63)64(45-31-35-57-52(38-45)49-20-10-13-23-56(49)65(57)42-15-5-3-6-16-42)44-28-25-40(26-29-44)41-27-34-58-53(37-41)61-59(66(58)43-17-7-4-8-18-43)36-33-51-50-21-11-14-24-60(50)67-62(51)61/h3-39H,1-2H3. The fourth-order valence-corrected chi connectivity index (χ4v) is 12.6. The molecule has 0 radical (unpaired) electrons. The molecule has 0 unspecified atom stereocenters. The van der Waals surface area contributed by atoms with E-state index < -0.39 is 0 Å². The quantitative estimate of drug-likeness (QED) is 0.162. The minimum Gasteiger partial charge on any atom is -0.310 e. The predicted octanol–water partition coefficient (Wildman–Crippen LogP) is 17.7. The first-order valence-corrected chi connectivity index (χ1v) is 24.0. The van der Waals surface area contributed by atoms with Crippen LogP contribution in [-0.4, -0.2) is 9.13 Å². The van der Waals surface area contributed by atoms with Crippen LogP contribution in [0.5, 0.6) is 0 Å². The molecule has 0 saturated heterocycles. The second-order valence-electron chi connectivity index (χ2n) is 18.5. The van der Waals surface area contributed by atoms with E-state index in [-0.39, 0.29) is 5.41 Å². The van der Waals surface area contributed by atoms with Gasteiger partial charge in [-0.25, -0.2) is 0 Å². The second kappa shape index (κ2) is 14.4. The zero-order chi connectivity index (χ0) is 44.4. The van der Waals surface area contributed by atoms with Gasteiger partial charge in [-0.2, -0.15) is 0 Å². The molecule has 3 heterocycles. The molecule has 1 aliphatic carbocycles. The van der Waals surface area contributed by atoms with Gasteiger partial charge in [-0.15, -0.1) is 11.3 Å². The second-order valence-corrected chi connectivity index (χ2v) is 19.6. The summed E-state index contributed by atoms with van der Waals surface area (Å²) in [6.45, 7) is 4.73. The van der Waals surface area contributed by atoms with Crippen molar-refractivity contribution >= 4 is 92.2 Å². The van der Waals surface area contributed by atoms with Crippen molar-refractivity contribution in [3.63, 3.8) is 0 Å². The number of anilines is 3. The molecule has 0 bridgehead atoms. The predicted molar refractivity (Wildman–Crippen MR) is 286 cm³/mol. The van der Waals surface area contributed by atoms with E-state index in [1.54, 1.807) is 0 Å². The van der Waals surface area contributed by atoms with Gasteiger partial charge >= 0.3 is 0 Å². The highest BCUT2D eigenvalue weighted by atomic mass is 32.1. The Balaban J connectivity index is 0.942. The number of nitrogens with zero attached hydrogens (tertiary/aromatic N) is 3. The average molecular weight is 874 g/mol. The highest BCUT2D eigenvalue weighted by molar-refractivity contribution is 7.26. The Bertz CT molecular complexity index is 4110. The van der Waals surface area contributed by atoms with Gasteiger partial charge in [0.05, 0.1) is 22.1 Å². The van der Waals surface area contributed by atoms with Crippen molar-refractivity contribution in [1.82, 2.24) is 9.13 Å². The van der Waals surface area contributed by atoms with Crippen molar-refractivity contribution < 1.29 is 0 Å². The molecule has 3 aromatic heterocycles. The fraction of sp³-hybridized carbons (Fsp3) is 0.0476. The Morgan fingerprint density at radius 1 is 0.373 bits per heavy atom. The summed E-state index contributed by atoms with van der Waals surface area (Å²) in [6.07, 6.45) is 0. The number of benzene rings is 10. The molecule has 0 spiro atoms. The number of hydrogen-bond donors (Lipinski definition) is 0. The number of para-hydroxylation sites is 3. The smallest absolute Gasteiger partial charge is 0.0555 e. The summed E-state index contributed by atoms with van der Waals surface area (Å²) < 4.78 is 7.48. The Kier molecular flexibility index (Phi) is 8.20. The summed E-state index contributed by atoms with van der Waals surface area (Å²) in [5.41, 5.74) is 18.1. The van der Waals surface area contributed by atoms with E-state index in [0.29, 0.717) is 0 Å². The summed E-state index contributed by atoms with van der Waals surface area (Å²) in [7, 11) is 0. The molecule has 0 aliphatic heterocycles. The highest BCUT2D eigenvalue weighted by Gasteiger charge is 2.36. The molecular weight excluding hydrogens is 831 g/mol. The molecule has 316 valence electrons. The van der Waals surface area contributed by atoms with E-state index in [1.807, 2.05) is 11.3 Å². The Labute approximate surface area is 392 Å². The van der Waals surface area contributed by atoms with Gasteiger partial charge < -0.3 is 14.0 Å². The lowest BCUT2D eigenvalue weighted by molar-refractivity contribution is 0.660. The largest absolute Gasteiger partial charge is 0.310 e. The first-order valence-electron chi connectivity index (χ1n) is 23.2. The van der Waals surface area contributed by atoms with Crippen LogP contribution in [0.1, 0.15) is 25.0 Å². The first-order chi connectivity index (χ1) is 33.0. The summed E-state index contributed by atoms with van der Waals surface area (Å²) in [5.74, 6) is 0. The van der Waals surface area contributed by atoms with Crippen molar-refractivity contribution in [2.75, 3.05) is 4.90 Å². The molecule has 0 N–H and O–H groups in total. The van der Waals surface area contributed by atoms with Gasteiger partial charge in [-0.1, -0.05) is 141 Å². The number of fused-ring (bicyclic) bond motifs is 13. The van der Waals surface area contributed by atoms with Gasteiger partial charge in [-0.3, -0.25) is 0 Å². The highest BCUT2D eigenvalue weighted by Crippen LogP contribution is 2.51. The summed E-state index contributed by atoms with van der Waals surface area (Å²) in [4.78, 5) is 2.45. The lowest BCUT2D eigenvalue weighted by Gasteiger charge is -2.28. The topological polar surface area (TPSA) is 13.1 Å². The molecule has 14 rings (SSSR count). The number of rotatable bonds is 6. The minimum atomic E-state index is -0.131. The lowest BCUT2D eigenvalue weighted by Crippen LogP contribution is -2.16. The molecular formula is C63H43N3S. The molecule has 67 heavy (non-hydrogen) atoms. The zero-order valence-corrected chi connectivity index (χ0v) is 37.9. The van der Waals surface area contributed by atoms with Crippen LogP contribution in [0.3, 0.4) is 0 Å². The molecule has 13 aromatic rings. The van der Waals surface area contributed by atoms with Gasteiger partial charge in [-0.05, 0) is 130 Å². The normalized spacial score (nSPS) is 13.0. The van der Waals surface area contributed by atoms with Crippen molar-refractivity contribution in [3.8, 4) is 33.6 Å². The molecule has 0 amide bonds. The van der Waals surface area contributed by atoms with E-state index in [9.17, 15) is 0 Å². The molecule has 0 saturated carbocycles. The van der Waals surface area contributed by atoms with Crippen molar-refractivity contribution in [2.45, 2.75) is 19.3 Å². The van der Waals surface area contributed by atoms with Crippen LogP contribution in [-0.2, 0) is 5.41 Å². The Hall–Kier alpha value is -8.18. The third kappa shape index (κ3) is 5.63. The van der Waals surface area contributed by atoms with Crippen LogP contribution >= 0.6 is 11.3 Å². The van der Waals surface area contributed by atoms with Crippen LogP contribution in [0.15, 0.2) is 224 Å². The summed E-state index contributed by atoms with van der Waals surface area (Å²) in [6, 6.07) is 83.0. The fourth-order valence-electron chi connectivity index (χ4n) is 11.4. The summed E-state index contributed by atoms with van der Waals surface area (Å²) >= 11 is 1.90. The maximum Gasteiger partial charge on any atom is 0.0555 e. The summed E-state index contributed by atoms with van der Waals surface area (Å²) in [5, 5.41) is 7.68. The average Bonchev–Trinajstić information content (AvgIpc) is 4.09. The van der Waals surface area contributed by atoms with E-state index in [0.717, 1.165) is 22.7 Å². The molecule has 1 aliphatic rings. The van der Waals surface area contributed by atoms with E-state index in [4.69, 9.17) is 0 Å². The SMILES string of the molecule is CC1(C)c2ccccc2-c2ccc(N(c3ccc(-c4ccc5c(c4)c4c6sc7ccccc7c6ccc4n5-c4ccccc4)cc3)c3ccc4c(c3)c3ccccc3n4-c3ccccc3)cc21. The van der Waals surface area contributed by atoms with Crippen molar-refractivity contribution in [1.29, 1.82) is 0 Å². The number of aromatic nitrogens is 2. The lowest BCUT2D eigenvalue weighted by atomic mass is 9.82. The monoisotopic (exact) mass is 873 g/mol. The van der Waals surface area contributed by atoms with E-state index >= 15 is 0 Å². The molecule has 0 fully saturated rings. The van der Waals surface area contributed by atoms with Gasteiger partial charge in [0.1, 0.15) is 0 Å². The van der Waals surface area contributed by atoms with Crippen LogP contribution < -0.4 is 4.90 Å². The van der Waals surface area contributed by atoms with Crippen LogP contribution in [0.25, 0.3) is 97.4 Å². The minimum absolute atomic E-state index is 0.131. The third-order valence-corrected chi connectivity index (χ3v) is 15.7. The molecule has 10 aromatic carbocycles. The van der Waals surface area contributed by atoms with Crippen LogP contribution in [0.2, 0.25) is 0 Å². The first kappa shape index (κ1) is 38.1. The maximum atomic E-state index is 2.45. The van der Waals surface area contributed by atoms with Crippen LogP contribution in [0.4, 0.5) is 17.1 Å². The van der Waals surface area contributed by atoms with E-state index in [1.165, 1.54) is 103 Å². The van der Waals surface area contributed by atoms with E-state index in [2.05, 4.69) is 252 Å². The number of thiophene rings is 1. The zero-order valence-electron chi connectivity index (χ0n) is 37.1. The van der Waals surface area contributed by atoms with Crippen LogP contribution in [0, 0.1) is 0 Å². The third-order valence-electron chi connectivity index (χ3n) is 14.5. The van der Waals surface area contributed by atoms with Gasteiger partial charge in [0.2, 0.25) is 0 Å². The van der Waals surface area contributed by atoms with Crippen molar-refractivity contribution in [3.05, 3.63) is 236 Å². The van der Waals surface area contributed by atoms with Gasteiger partial charge in [0.25, 0.3) is 0 Å². The Morgan fingerprint density at radius 3 is 1.75 bits per heavy atom. The van der Waals surface area contributed by atoms with Gasteiger partial charge in [0.15, 0.2) is 0 Å². The molecule has 0 atom stereocenters.